The van der Waals surface area contributed by atoms with Crippen LogP contribution >= 0.6 is 0 Å². The molecule has 3 N–H and O–H groups in total. The molecule has 0 aliphatic carbocycles. The summed E-state index contributed by atoms with van der Waals surface area (Å²) in [6, 6.07) is 20.1. The predicted molar refractivity (Wildman–Crippen MR) is 112 cm³/mol. The molecule has 1 aliphatic heterocycles. The number of nitrogens with two attached hydrogens (primary N) is 1. The second-order valence-corrected chi connectivity index (χ2v) is 7.57. The van der Waals surface area contributed by atoms with Crippen molar-refractivity contribution in [3.8, 4) is 0 Å². The molecule has 1 saturated heterocycles. The van der Waals surface area contributed by atoms with E-state index in [2.05, 4.69) is 17.4 Å². The van der Waals surface area contributed by atoms with Crippen LogP contribution in [-0.2, 0) is 14.9 Å². The molecule has 1 fully saturated rings. The molecule has 3 aromatic rings. The third-order valence-electron chi connectivity index (χ3n) is 5.89. The van der Waals surface area contributed by atoms with Crippen LogP contribution < -0.4 is 11.1 Å². The number of nitrogens with one attached hydrogen (secondary N) is 1. The van der Waals surface area contributed by atoms with Gasteiger partial charge in [0.15, 0.2) is 0 Å². The molecule has 5 heteroatoms. The Morgan fingerprint density at radius 2 is 1.72 bits per heavy atom. The van der Waals surface area contributed by atoms with E-state index in [0.717, 1.165) is 21.9 Å². The molecule has 0 radical (unpaired) electrons. The van der Waals surface area contributed by atoms with Crippen LogP contribution in [0.5, 0.6) is 0 Å². The van der Waals surface area contributed by atoms with Gasteiger partial charge in [0.2, 0.25) is 5.91 Å². The number of benzene rings is 3. The number of ether oxygens (including phenoxy) is 1. The molecule has 1 unspecified atom stereocenters. The molecule has 0 bridgehead atoms. The topological polar surface area (TPSA) is 64.3 Å². The molecule has 150 valence electrons. The molecule has 4 nitrogen and oxygen atoms in total. The zero-order valence-electron chi connectivity index (χ0n) is 16.2. The number of carbonyl (C=O) groups is 1. The average molecular weight is 392 g/mol. The van der Waals surface area contributed by atoms with Crippen molar-refractivity contribution in [3.05, 3.63) is 83.7 Å². The number of hydrogen-bond donors (Lipinski definition) is 2. The largest absolute Gasteiger partial charge is 0.381 e. The smallest absolute Gasteiger partial charge is 0.231 e. The number of fused-ring (bicyclic) bond motifs is 1. The van der Waals surface area contributed by atoms with E-state index >= 15 is 0 Å². The third-order valence-corrected chi connectivity index (χ3v) is 5.89. The van der Waals surface area contributed by atoms with Crippen LogP contribution in [0, 0.1) is 5.82 Å². The lowest BCUT2D eigenvalue weighted by molar-refractivity contribution is -0.131. The van der Waals surface area contributed by atoms with E-state index in [9.17, 15) is 9.18 Å². The average Bonchev–Trinajstić information content (AvgIpc) is 2.78. The molecule has 3 aromatic carbocycles. The van der Waals surface area contributed by atoms with Gasteiger partial charge >= 0.3 is 0 Å². The van der Waals surface area contributed by atoms with Crippen molar-refractivity contribution in [1.82, 2.24) is 5.32 Å². The predicted octanol–water partition coefficient (Wildman–Crippen LogP) is 3.84. The number of rotatable bonds is 5. The fourth-order valence-corrected chi connectivity index (χ4v) is 4.13. The van der Waals surface area contributed by atoms with Crippen molar-refractivity contribution in [2.45, 2.75) is 24.3 Å². The zero-order chi connectivity index (χ0) is 20.3. The summed E-state index contributed by atoms with van der Waals surface area (Å²) in [5.74, 6) is -0.400. The summed E-state index contributed by atoms with van der Waals surface area (Å²) in [4.78, 5) is 13.5. The Kier molecular flexibility index (Phi) is 5.60. The molecule has 0 aromatic heterocycles. The van der Waals surface area contributed by atoms with Crippen LogP contribution in [0.15, 0.2) is 66.7 Å². The summed E-state index contributed by atoms with van der Waals surface area (Å²) in [5.41, 5.74) is 7.09. The van der Waals surface area contributed by atoms with Gasteiger partial charge in [-0.15, -0.1) is 0 Å². The van der Waals surface area contributed by atoms with Crippen molar-refractivity contribution in [1.29, 1.82) is 0 Å². The fourth-order valence-electron chi connectivity index (χ4n) is 4.13. The minimum Gasteiger partial charge on any atom is -0.381 e. The standard InChI is InChI=1S/C24H25FN2O2/c25-21-9-7-20(8-10-21)24(11-13-29-14-12-24)23(28)27-22(16-26)19-6-5-17-3-1-2-4-18(17)15-19/h1-10,15,22H,11-14,16,26H2,(H,27,28). The SMILES string of the molecule is NCC(NC(=O)C1(c2ccc(F)cc2)CCOCC1)c1ccc2ccccc2c1. The third kappa shape index (κ3) is 3.88. The van der Waals surface area contributed by atoms with E-state index in [1.807, 2.05) is 30.3 Å². The van der Waals surface area contributed by atoms with Gasteiger partial charge < -0.3 is 15.8 Å². The highest BCUT2D eigenvalue weighted by atomic mass is 19.1. The Morgan fingerprint density at radius 1 is 1.03 bits per heavy atom. The summed E-state index contributed by atoms with van der Waals surface area (Å²) >= 11 is 0. The first-order valence-electron chi connectivity index (χ1n) is 9.96. The first-order valence-corrected chi connectivity index (χ1v) is 9.96. The lowest BCUT2D eigenvalue weighted by Gasteiger charge is -2.37. The zero-order valence-corrected chi connectivity index (χ0v) is 16.2. The van der Waals surface area contributed by atoms with Crippen molar-refractivity contribution in [2.24, 2.45) is 5.73 Å². The summed E-state index contributed by atoms with van der Waals surface area (Å²) in [7, 11) is 0. The molecule has 4 rings (SSSR count). The van der Waals surface area contributed by atoms with Crippen LogP contribution in [0.3, 0.4) is 0 Å². The molecule has 1 amide bonds. The van der Waals surface area contributed by atoms with Crippen LogP contribution in [0.25, 0.3) is 10.8 Å². The van der Waals surface area contributed by atoms with Gasteiger partial charge in [0.05, 0.1) is 11.5 Å². The fraction of sp³-hybridized carbons (Fsp3) is 0.292. The van der Waals surface area contributed by atoms with E-state index in [4.69, 9.17) is 10.5 Å². The second-order valence-electron chi connectivity index (χ2n) is 7.57. The lowest BCUT2D eigenvalue weighted by Crippen LogP contribution is -2.50. The highest BCUT2D eigenvalue weighted by Gasteiger charge is 2.42. The van der Waals surface area contributed by atoms with Gasteiger partial charge in [-0.05, 0) is 52.9 Å². The maximum atomic E-state index is 13.5. The van der Waals surface area contributed by atoms with E-state index in [1.54, 1.807) is 12.1 Å². The molecular formula is C24H25FN2O2. The summed E-state index contributed by atoms with van der Waals surface area (Å²) in [6.45, 7) is 1.28. The van der Waals surface area contributed by atoms with Crippen molar-refractivity contribution >= 4 is 16.7 Å². The van der Waals surface area contributed by atoms with Crippen LogP contribution in [0.1, 0.15) is 30.0 Å². The number of carbonyl (C=O) groups excluding carboxylic acids is 1. The Balaban J connectivity index is 1.63. The minimum atomic E-state index is -0.740. The first kappa shape index (κ1) is 19.6. The lowest BCUT2D eigenvalue weighted by atomic mass is 9.73. The van der Waals surface area contributed by atoms with Crippen molar-refractivity contribution in [2.75, 3.05) is 19.8 Å². The molecule has 0 saturated carbocycles. The van der Waals surface area contributed by atoms with Crippen molar-refractivity contribution in [3.63, 3.8) is 0 Å². The summed E-state index contributed by atoms with van der Waals surface area (Å²) < 4.78 is 19.0. The van der Waals surface area contributed by atoms with Gasteiger partial charge in [-0.1, -0.05) is 48.5 Å². The van der Waals surface area contributed by atoms with E-state index in [1.165, 1.54) is 12.1 Å². The number of hydrogen-bond acceptors (Lipinski definition) is 3. The Labute approximate surface area is 169 Å². The first-order chi connectivity index (χ1) is 14.1. The molecule has 1 aliphatic rings. The van der Waals surface area contributed by atoms with E-state index in [-0.39, 0.29) is 17.8 Å². The molecular weight excluding hydrogens is 367 g/mol. The monoisotopic (exact) mass is 392 g/mol. The minimum absolute atomic E-state index is 0.0870. The van der Waals surface area contributed by atoms with E-state index in [0.29, 0.717) is 32.6 Å². The molecule has 1 atom stereocenters. The van der Waals surface area contributed by atoms with Gasteiger partial charge in [0, 0.05) is 19.8 Å². The Bertz CT molecular complexity index is 997. The molecule has 29 heavy (non-hydrogen) atoms. The quantitative estimate of drug-likeness (QED) is 0.693. The highest BCUT2D eigenvalue weighted by molar-refractivity contribution is 5.89. The van der Waals surface area contributed by atoms with Gasteiger partial charge in [-0.2, -0.15) is 0 Å². The van der Waals surface area contributed by atoms with Gasteiger partial charge in [-0.25, -0.2) is 4.39 Å². The van der Waals surface area contributed by atoms with Crippen molar-refractivity contribution < 1.29 is 13.9 Å². The molecule has 1 heterocycles. The van der Waals surface area contributed by atoms with Crippen LogP contribution in [-0.4, -0.2) is 25.7 Å². The normalized spacial score (nSPS) is 17.0. The highest BCUT2D eigenvalue weighted by Crippen LogP contribution is 2.36. The maximum Gasteiger partial charge on any atom is 0.231 e. The molecule has 0 spiro atoms. The van der Waals surface area contributed by atoms with Crippen LogP contribution in [0.2, 0.25) is 0 Å². The maximum absolute atomic E-state index is 13.5. The van der Waals surface area contributed by atoms with Gasteiger partial charge in [0.1, 0.15) is 5.82 Å². The van der Waals surface area contributed by atoms with Crippen LogP contribution in [0.4, 0.5) is 4.39 Å². The van der Waals surface area contributed by atoms with Gasteiger partial charge in [-0.3, -0.25) is 4.79 Å². The van der Waals surface area contributed by atoms with E-state index < -0.39 is 5.41 Å². The number of amides is 1. The Morgan fingerprint density at radius 3 is 2.41 bits per heavy atom. The number of halogens is 1. The summed E-state index contributed by atoms with van der Waals surface area (Å²) in [6.07, 6.45) is 1.11. The Hall–Kier alpha value is -2.76. The van der Waals surface area contributed by atoms with Gasteiger partial charge in [0.25, 0.3) is 0 Å². The summed E-state index contributed by atoms with van der Waals surface area (Å²) in [5, 5.41) is 5.41. The second kappa shape index (κ2) is 8.31.